The maximum Gasteiger partial charge on any atom is 0.0422 e. The van der Waals surface area contributed by atoms with Crippen molar-refractivity contribution in [2.24, 2.45) is 0 Å². The lowest BCUT2D eigenvalue weighted by molar-refractivity contribution is 0.577. The molecule has 15 heavy (non-hydrogen) atoms. The van der Waals surface area contributed by atoms with E-state index in [1.165, 1.54) is 28.4 Å². The molecule has 1 heterocycles. The van der Waals surface area contributed by atoms with Crippen LogP contribution in [-0.2, 0) is 0 Å². The summed E-state index contributed by atoms with van der Waals surface area (Å²) >= 11 is 3.87. The maximum atomic E-state index is 3.63. The molecule has 0 bridgehead atoms. The minimum atomic E-state index is 0.543. The van der Waals surface area contributed by atoms with Crippen molar-refractivity contribution in [1.82, 2.24) is 5.32 Å². The van der Waals surface area contributed by atoms with Crippen molar-refractivity contribution in [3.05, 3.63) is 21.9 Å². The highest BCUT2D eigenvalue weighted by Gasteiger charge is 2.13. The molecular weight excluding hydrogens is 222 g/mol. The number of rotatable bonds is 7. The van der Waals surface area contributed by atoms with E-state index < -0.39 is 0 Å². The van der Waals surface area contributed by atoms with Crippen LogP contribution in [0.25, 0.3) is 0 Å². The molecule has 1 atom stereocenters. The summed E-state index contributed by atoms with van der Waals surface area (Å²) in [6.45, 7) is 7.78. The second kappa shape index (κ2) is 7.31. The summed E-state index contributed by atoms with van der Waals surface area (Å²) in [6.07, 6.45) is 1.20. The fraction of sp³-hybridized carbons (Fsp3) is 0.667. The first-order chi connectivity index (χ1) is 7.29. The van der Waals surface area contributed by atoms with Crippen molar-refractivity contribution >= 4 is 23.1 Å². The van der Waals surface area contributed by atoms with Gasteiger partial charge in [-0.15, -0.1) is 11.3 Å². The summed E-state index contributed by atoms with van der Waals surface area (Å²) in [4.78, 5) is 1.46. The van der Waals surface area contributed by atoms with E-state index in [-0.39, 0.29) is 0 Å². The summed E-state index contributed by atoms with van der Waals surface area (Å²) in [5.74, 6) is 2.39. The van der Waals surface area contributed by atoms with Gasteiger partial charge in [-0.3, -0.25) is 0 Å². The molecule has 1 nitrogen and oxygen atoms in total. The number of hydrogen-bond donors (Lipinski definition) is 1. The molecule has 1 aromatic heterocycles. The number of aryl methyl sites for hydroxylation is 1. The fourth-order valence-electron chi connectivity index (χ4n) is 1.57. The molecule has 0 amide bonds. The van der Waals surface area contributed by atoms with Gasteiger partial charge in [-0.2, -0.15) is 11.8 Å². The highest BCUT2D eigenvalue weighted by molar-refractivity contribution is 7.99. The predicted octanol–water partition coefficient (Wildman–Crippen LogP) is 3.85. The fourth-order valence-corrected chi connectivity index (χ4v) is 3.10. The summed E-state index contributed by atoms with van der Waals surface area (Å²) < 4.78 is 0. The molecule has 0 spiro atoms. The van der Waals surface area contributed by atoms with E-state index >= 15 is 0 Å². The Kier molecular flexibility index (Phi) is 6.37. The van der Waals surface area contributed by atoms with Gasteiger partial charge in [-0.1, -0.05) is 13.8 Å². The molecule has 3 heteroatoms. The Hall–Kier alpha value is 0.01000. The summed E-state index contributed by atoms with van der Waals surface area (Å²) in [6, 6.07) is 2.81. The Morgan fingerprint density at radius 1 is 1.47 bits per heavy atom. The standard InChI is InChI=1S/C12H21NS2/c1-4-7-13-12(9-14-5-2)11-6-8-15-10(11)3/h6,8,12-13H,4-5,7,9H2,1-3H3. The van der Waals surface area contributed by atoms with Gasteiger partial charge < -0.3 is 5.32 Å². The lowest BCUT2D eigenvalue weighted by atomic mass is 10.1. The summed E-state index contributed by atoms with van der Waals surface area (Å²) in [5.41, 5.74) is 1.49. The van der Waals surface area contributed by atoms with Crippen LogP contribution in [0.1, 0.15) is 36.8 Å². The lowest BCUT2D eigenvalue weighted by Crippen LogP contribution is -2.24. The largest absolute Gasteiger partial charge is 0.309 e. The van der Waals surface area contributed by atoms with Crippen LogP contribution >= 0.6 is 23.1 Å². The van der Waals surface area contributed by atoms with Gasteiger partial charge in [0.25, 0.3) is 0 Å². The predicted molar refractivity (Wildman–Crippen MR) is 73.1 cm³/mol. The van der Waals surface area contributed by atoms with Gasteiger partial charge in [0, 0.05) is 16.7 Å². The van der Waals surface area contributed by atoms with Crippen LogP contribution in [0.4, 0.5) is 0 Å². The van der Waals surface area contributed by atoms with Gasteiger partial charge in [-0.25, -0.2) is 0 Å². The van der Waals surface area contributed by atoms with Gasteiger partial charge in [0.2, 0.25) is 0 Å². The Bertz CT molecular complexity index is 262. The van der Waals surface area contributed by atoms with E-state index in [1.54, 1.807) is 0 Å². The summed E-state index contributed by atoms with van der Waals surface area (Å²) in [7, 11) is 0. The van der Waals surface area contributed by atoms with Crippen LogP contribution in [0.2, 0.25) is 0 Å². The van der Waals surface area contributed by atoms with Crippen molar-refractivity contribution in [1.29, 1.82) is 0 Å². The maximum absolute atomic E-state index is 3.63. The topological polar surface area (TPSA) is 12.0 Å². The molecule has 1 rings (SSSR count). The second-order valence-electron chi connectivity index (χ2n) is 3.60. The van der Waals surface area contributed by atoms with Crippen LogP contribution in [-0.4, -0.2) is 18.1 Å². The van der Waals surface area contributed by atoms with E-state index in [0.717, 1.165) is 6.54 Å². The molecule has 0 saturated heterocycles. The van der Waals surface area contributed by atoms with Crippen molar-refractivity contribution in [3.8, 4) is 0 Å². The molecule has 1 unspecified atom stereocenters. The first kappa shape index (κ1) is 13.1. The molecular formula is C12H21NS2. The molecule has 0 saturated carbocycles. The molecule has 0 aliphatic heterocycles. The average molecular weight is 243 g/mol. The molecule has 0 fully saturated rings. The smallest absolute Gasteiger partial charge is 0.0422 e. The van der Waals surface area contributed by atoms with E-state index in [0.29, 0.717) is 6.04 Å². The third kappa shape index (κ3) is 4.17. The first-order valence-corrected chi connectivity index (χ1v) is 7.68. The van der Waals surface area contributed by atoms with Crippen LogP contribution in [0, 0.1) is 6.92 Å². The zero-order chi connectivity index (χ0) is 11.1. The number of thiophene rings is 1. The third-order valence-electron chi connectivity index (χ3n) is 2.40. The SMILES string of the molecule is CCCNC(CSCC)c1ccsc1C. The van der Waals surface area contributed by atoms with Crippen molar-refractivity contribution in [2.75, 3.05) is 18.1 Å². The normalized spacial score (nSPS) is 13.0. The quantitative estimate of drug-likeness (QED) is 0.780. The molecule has 0 aliphatic carbocycles. The van der Waals surface area contributed by atoms with Crippen molar-refractivity contribution < 1.29 is 0 Å². The monoisotopic (exact) mass is 243 g/mol. The number of thioether (sulfide) groups is 1. The Balaban J connectivity index is 2.58. The first-order valence-electron chi connectivity index (χ1n) is 5.64. The van der Waals surface area contributed by atoms with Gasteiger partial charge in [-0.05, 0) is 42.7 Å². The minimum absolute atomic E-state index is 0.543. The van der Waals surface area contributed by atoms with E-state index in [1.807, 2.05) is 23.1 Å². The van der Waals surface area contributed by atoms with Gasteiger partial charge in [0.15, 0.2) is 0 Å². The van der Waals surface area contributed by atoms with E-state index in [2.05, 4.69) is 37.5 Å². The third-order valence-corrected chi connectivity index (χ3v) is 4.24. The van der Waals surface area contributed by atoms with Gasteiger partial charge in [0.05, 0.1) is 0 Å². The highest BCUT2D eigenvalue weighted by atomic mass is 32.2. The Morgan fingerprint density at radius 2 is 2.27 bits per heavy atom. The lowest BCUT2D eigenvalue weighted by Gasteiger charge is -2.18. The van der Waals surface area contributed by atoms with Crippen LogP contribution in [0.5, 0.6) is 0 Å². The van der Waals surface area contributed by atoms with E-state index in [4.69, 9.17) is 0 Å². The molecule has 1 N–H and O–H groups in total. The van der Waals surface area contributed by atoms with Crippen LogP contribution in [0.15, 0.2) is 11.4 Å². The van der Waals surface area contributed by atoms with Gasteiger partial charge in [0.1, 0.15) is 0 Å². The zero-order valence-corrected chi connectivity index (χ0v) is 11.5. The Labute approximate surface area is 102 Å². The molecule has 0 aliphatic rings. The van der Waals surface area contributed by atoms with Crippen LogP contribution in [0.3, 0.4) is 0 Å². The Morgan fingerprint density at radius 3 is 2.80 bits per heavy atom. The molecule has 0 aromatic carbocycles. The highest BCUT2D eigenvalue weighted by Crippen LogP contribution is 2.25. The number of hydrogen-bond acceptors (Lipinski definition) is 3. The van der Waals surface area contributed by atoms with Crippen LogP contribution < -0.4 is 5.32 Å². The zero-order valence-electron chi connectivity index (χ0n) is 9.88. The molecule has 86 valence electrons. The minimum Gasteiger partial charge on any atom is -0.309 e. The summed E-state index contributed by atoms with van der Waals surface area (Å²) in [5, 5.41) is 5.83. The van der Waals surface area contributed by atoms with Crippen molar-refractivity contribution in [3.63, 3.8) is 0 Å². The molecule has 1 aromatic rings. The van der Waals surface area contributed by atoms with E-state index in [9.17, 15) is 0 Å². The molecule has 0 radical (unpaired) electrons. The second-order valence-corrected chi connectivity index (χ2v) is 6.04. The van der Waals surface area contributed by atoms with Crippen molar-refractivity contribution in [2.45, 2.75) is 33.2 Å². The average Bonchev–Trinajstić information content (AvgIpc) is 2.65. The number of nitrogens with one attached hydrogen (secondary N) is 1. The van der Waals surface area contributed by atoms with Gasteiger partial charge >= 0.3 is 0 Å².